The van der Waals surface area contributed by atoms with Crippen LogP contribution < -0.4 is 0 Å². The average molecular weight is 380 g/mol. The van der Waals surface area contributed by atoms with Crippen LogP contribution in [0.25, 0.3) is 0 Å². The first kappa shape index (κ1) is 19.3. The van der Waals surface area contributed by atoms with E-state index in [0.717, 1.165) is 24.4 Å². The minimum atomic E-state index is -1.25. The van der Waals surface area contributed by atoms with Crippen LogP contribution in [0.2, 0.25) is 0 Å². The van der Waals surface area contributed by atoms with Crippen LogP contribution in [0.1, 0.15) is 51.0 Å². The highest BCUT2D eigenvalue weighted by Gasteiger charge is 2.58. The number of thiazole rings is 1. The van der Waals surface area contributed by atoms with Crippen molar-refractivity contribution in [3.05, 3.63) is 16.6 Å². The molecule has 1 atom stereocenters. The van der Waals surface area contributed by atoms with E-state index >= 15 is 0 Å². The predicted molar refractivity (Wildman–Crippen MR) is 101 cm³/mol. The summed E-state index contributed by atoms with van der Waals surface area (Å²) < 4.78 is 0. The van der Waals surface area contributed by atoms with Gasteiger partial charge in [0.2, 0.25) is 5.91 Å². The molecule has 2 fully saturated rings. The number of hydrogen-bond acceptors (Lipinski definition) is 5. The third-order valence-corrected chi connectivity index (χ3v) is 7.38. The van der Waals surface area contributed by atoms with E-state index in [-0.39, 0.29) is 5.91 Å². The fraction of sp³-hybridized carbons (Fsp3) is 0.737. The first-order chi connectivity index (χ1) is 12.4. The molecule has 1 aromatic rings. The van der Waals surface area contributed by atoms with Crippen molar-refractivity contribution in [2.75, 3.05) is 20.1 Å². The molecule has 2 heterocycles. The van der Waals surface area contributed by atoms with E-state index in [4.69, 9.17) is 0 Å². The van der Waals surface area contributed by atoms with Crippen LogP contribution >= 0.6 is 11.3 Å². The number of hydrogen-bond donors (Lipinski definition) is 1. The quantitative estimate of drug-likeness (QED) is 0.738. The maximum absolute atomic E-state index is 12.9. The molecule has 1 spiro atoms. The van der Waals surface area contributed by atoms with E-state index < -0.39 is 11.4 Å². The molecule has 0 bridgehead atoms. The molecule has 26 heavy (non-hydrogen) atoms. The van der Waals surface area contributed by atoms with Crippen molar-refractivity contribution in [1.82, 2.24) is 14.8 Å². The smallest absolute Gasteiger partial charge is 0.319 e. The van der Waals surface area contributed by atoms with Crippen LogP contribution in [0.5, 0.6) is 0 Å². The number of aliphatic carboxylic acids is 1. The summed E-state index contributed by atoms with van der Waals surface area (Å²) in [6.45, 7) is 5.82. The number of carboxylic acids is 1. The van der Waals surface area contributed by atoms with Gasteiger partial charge in [-0.15, -0.1) is 11.3 Å². The van der Waals surface area contributed by atoms with E-state index in [1.807, 2.05) is 11.6 Å². The summed E-state index contributed by atoms with van der Waals surface area (Å²) >= 11 is 1.68. The molecule has 0 radical (unpaired) electrons. The maximum atomic E-state index is 12.9. The van der Waals surface area contributed by atoms with E-state index in [2.05, 4.69) is 16.9 Å². The number of amides is 1. The van der Waals surface area contributed by atoms with Gasteiger partial charge in [0.15, 0.2) is 0 Å². The summed E-state index contributed by atoms with van der Waals surface area (Å²) in [6, 6.07) is 0.547. The van der Waals surface area contributed by atoms with E-state index in [1.165, 1.54) is 6.42 Å². The lowest BCUT2D eigenvalue weighted by Crippen LogP contribution is -2.51. The molecule has 1 aromatic heterocycles. The second kappa shape index (κ2) is 7.27. The van der Waals surface area contributed by atoms with Gasteiger partial charge >= 0.3 is 5.97 Å². The molecule has 1 N–H and O–H groups in total. The van der Waals surface area contributed by atoms with Gasteiger partial charge in [-0.3, -0.25) is 14.5 Å². The number of carboxylic acid groups (broad SMARTS) is 1. The van der Waals surface area contributed by atoms with Crippen LogP contribution in [0, 0.1) is 10.8 Å². The lowest BCUT2D eigenvalue weighted by molar-refractivity contribution is -0.162. The lowest BCUT2D eigenvalue weighted by atomic mass is 9.80. The molecule has 144 valence electrons. The molecule has 3 rings (SSSR count). The fourth-order valence-electron chi connectivity index (χ4n) is 4.55. The highest BCUT2D eigenvalue weighted by atomic mass is 32.1. The zero-order valence-corrected chi connectivity index (χ0v) is 16.7. The molecule has 1 saturated carbocycles. The van der Waals surface area contributed by atoms with Gasteiger partial charge in [-0.05, 0) is 44.6 Å². The Labute approximate surface area is 159 Å². The second-order valence-electron chi connectivity index (χ2n) is 7.81. The average Bonchev–Trinajstić information content (AvgIpc) is 3.08. The zero-order chi connectivity index (χ0) is 18.9. The predicted octanol–water partition coefficient (Wildman–Crippen LogP) is 2.85. The molecular formula is C19H29N3O3S. The van der Waals surface area contributed by atoms with Crippen LogP contribution in [-0.4, -0.2) is 57.9 Å². The minimum absolute atomic E-state index is 0.196. The first-order valence-corrected chi connectivity index (χ1v) is 10.4. The normalized spacial score (nSPS) is 22.0. The van der Waals surface area contributed by atoms with Gasteiger partial charge in [-0.25, -0.2) is 4.98 Å². The van der Waals surface area contributed by atoms with Crippen molar-refractivity contribution in [1.29, 1.82) is 0 Å². The number of carbonyl (C=O) groups excluding carboxylic acids is 1. The van der Waals surface area contributed by atoms with Gasteiger partial charge in [0.25, 0.3) is 0 Å². The third-order valence-electron chi connectivity index (χ3n) is 6.62. The summed E-state index contributed by atoms with van der Waals surface area (Å²) in [4.78, 5) is 33.2. The van der Waals surface area contributed by atoms with Crippen LogP contribution in [-0.2, 0) is 16.1 Å². The number of piperidine rings is 1. The van der Waals surface area contributed by atoms with Gasteiger partial charge in [0, 0.05) is 30.7 Å². The van der Waals surface area contributed by atoms with Crippen LogP contribution in [0.15, 0.2) is 11.6 Å². The summed E-state index contributed by atoms with van der Waals surface area (Å²) in [6.07, 6.45) is 5.64. The van der Waals surface area contributed by atoms with Crippen molar-refractivity contribution in [2.24, 2.45) is 10.8 Å². The molecule has 7 heteroatoms. The highest BCUT2D eigenvalue weighted by molar-refractivity contribution is 7.09. The Morgan fingerprint density at radius 3 is 2.54 bits per heavy atom. The molecule has 6 nitrogen and oxygen atoms in total. The van der Waals surface area contributed by atoms with E-state index in [0.29, 0.717) is 37.4 Å². The number of nitrogens with zero attached hydrogens (tertiary/aromatic N) is 3. The standard InChI is InChI=1S/C19H29N3O3S/c1-4-19(5-2,17(24)25)16(23)22-9-6-18(7-10-22)12-14(18)21(3)13-15-20-8-11-26-15/h8,11,14H,4-7,9-10,12-13H2,1-3H3,(H,24,25). The molecule has 0 aromatic carbocycles. The molecule has 2 aliphatic rings. The van der Waals surface area contributed by atoms with Crippen molar-refractivity contribution in [2.45, 2.75) is 58.5 Å². The van der Waals surface area contributed by atoms with Crippen molar-refractivity contribution in [3.63, 3.8) is 0 Å². The molecule has 1 aliphatic heterocycles. The monoisotopic (exact) mass is 379 g/mol. The number of carbonyl (C=O) groups is 2. The Morgan fingerprint density at radius 1 is 1.38 bits per heavy atom. The first-order valence-electron chi connectivity index (χ1n) is 9.50. The Bertz CT molecular complexity index is 649. The molecule has 1 saturated heterocycles. The number of aromatic nitrogens is 1. The van der Waals surface area contributed by atoms with Gasteiger partial charge in [0.1, 0.15) is 10.4 Å². The largest absolute Gasteiger partial charge is 0.480 e. The van der Waals surface area contributed by atoms with E-state index in [1.54, 1.807) is 30.1 Å². The highest BCUT2D eigenvalue weighted by Crippen LogP contribution is 2.56. The van der Waals surface area contributed by atoms with Gasteiger partial charge in [-0.1, -0.05) is 13.8 Å². The Balaban J connectivity index is 1.58. The molecule has 1 aliphatic carbocycles. The summed E-state index contributed by atoms with van der Waals surface area (Å²) in [7, 11) is 2.15. The zero-order valence-electron chi connectivity index (χ0n) is 15.9. The Morgan fingerprint density at radius 2 is 2.04 bits per heavy atom. The molecular weight excluding hydrogens is 350 g/mol. The second-order valence-corrected chi connectivity index (χ2v) is 8.79. The Kier molecular flexibility index (Phi) is 5.40. The summed E-state index contributed by atoms with van der Waals surface area (Å²) in [5.41, 5.74) is -0.956. The topological polar surface area (TPSA) is 73.7 Å². The SMILES string of the molecule is CCC(CC)(C(=O)O)C(=O)N1CCC2(CC1)CC2N(C)Cc1nccs1. The minimum Gasteiger partial charge on any atom is -0.480 e. The number of rotatable bonds is 7. The van der Waals surface area contributed by atoms with Crippen molar-refractivity contribution >= 4 is 23.2 Å². The fourth-order valence-corrected chi connectivity index (χ4v) is 5.22. The third kappa shape index (κ3) is 3.27. The van der Waals surface area contributed by atoms with E-state index in [9.17, 15) is 14.7 Å². The number of likely N-dealkylation sites (tertiary alicyclic amines) is 1. The van der Waals surface area contributed by atoms with Gasteiger partial charge in [0.05, 0.1) is 6.54 Å². The van der Waals surface area contributed by atoms with Gasteiger partial charge in [-0.2, -0.15) is 0 Å². The van der Waals surface area contributed by atoms with Gasteiger partial charge < -0.3 is 10.0 Å². The Hall–Kier alpha value is -1.47. The summed E-state index contributed by atoms with van der Waals surface area (Å²) in [5, 5.41) is 12.8. The lowest BCUT2D eigenvalue weighted by Gasteiger charge is -2.38. The maximum Gasteiger partial charge on any atom is 0.319 e. The van der Waals surface area contributed by atoms with Crippen molar-refractivity contribution in [3.8, 4) is 0 Å². The molecule has 1 unspecified atom stereocenters. The van der Waals surface area contributed by atoms with Crippen LogP contribution in [0.4, 0.5) is 0 Å². The summed E-state index contributed by atoms with van der Waals surface area (Å²) in [5.74, 6) is -1.18. The van der Waals surface area contributed by atoms with Crippen LogP contribution in [0.3, 0.4) is 0 Å². The van der Waals surface area contributed by atoms with Crippen molar-refractivity contribution < 1.29 is 14.7 Å². The molecule has 1 amide bonds.